The van der Waals surface area contributed by atoms with Gasteiger partial charge in [-0.05, 0) is 33.4 Å². The molecule has 0 aliphatic carbocycles. The summed E-state index contributed by atoms with van der Waals surface area (Å²) in [5, 5.41) is 7.16. The van der Waals surface area contributed by atoms with Gasteiger partial charge in [0.15, 0.2) is 0 Å². The predicted octanol–water partition coefficient (Wildman–Crippen LogP) is 0.985. The lowest BCUT2D eigenvalue weighted by molar-refractivity contribution is -0.148. The number of nitrogens with zero attached hydrogens (tertiary/aromatic N) is 2. The molecule has 0 radical (unpaired) electrons. The van der Waals surface area contributed by atoms with E-state index in [0.29, 0.717) is 6.42 Å². The summed E-state index contributed by atoms with van der Waals surface area (Å²) in [7, 11) is 3.16. The molecule has 0 fully saturated rings. The lowest BCUT2D eigenvalue weighted by Crippen LogP contribution is -2.49. The van der Waals surface area contributed by atoms with Crippen LogP contribution in [0.3, 0.4) is 0 Å². The SMILES string of the molecule is CNC(C)(CC(C)n1cccn1)C(=O)OC. The fourth-order valence-corrected chi connectivity index (χ4v) is 1.74. The van der Waals surface area contributed by atoms with Crippen LogP contribution in [-0.4, -0.2) is 35.4 Å². The maximum absolute atomic E-state index is 11.7. The average molecular weight is 225 g/mol. The number of carbonyl (C=O) groups is 1. The van der Waals surface area contributed by atoms with E-state index in [0.717, 1.165) is 0 Å². The number of hydrogen-bond donors (Lipinski definition) is 1. The fraction of sp³-hybridized carbons (Fsp3) is 0.636. The molecule has 2 unspecified atom stereocenters. The third-order valence-corrected chi connectivity index (χ3v) is 2.87. The maximum atomic E-state index is 11.7. The average Bonchev–Trinajstić information content (AvgIpc) is 2.81. The number of aromatic nitrogens is 2. The highest BCUT2D eigenvalue weighted by atomic mass is 16.5. The molecule has 0 aliphatic rings. The lowest BCUT2D eigenvalue weighted by Gasteiger charge is -2.29. The number of hydrogen-bond acceptors (Lipinski definition) is 4. The van der Waals surface area contributed by atoms with Gasteiger partial charge in [-0.2, -0.15) is 5.10 Å². The van der Waals surface area contributed by atoms with Crippen LogP contribution in [0.25, 0.3) is 0 Å². The van der Waals surface area contributed by atoms with Crippen molar-refractivity contribution < 1.29 is 9.53 Å². The summed E-state index contributed by atoms with van der Waals surface area (Å²) in [5.74, 6) is -0.256. The quantitative estimate of drug-likeness (QED) is 0.759. The molecule has 1 aromatic heterocycles. The molecule has 2 atom stereocenters. The van der Waals surface area contributed by atoms with Crippen molar-refractivity contribution in [3.63, 3.8) is 0 Å². The Balaban J connectivity index is 2.73. The molecular formula is C11H19N3O2. The minimum atomic E-state index is -0.680. The summed E-state index contributed by atoms with van der Waals surface area (Å²) in [5.41, 5.74) is -0.680. The van der Waals surface area contributed by atoms with Crippen LogP contribution in [-0.2, 0) is 9.53 Å². The van der Waals surface area contributed by atoms with Crippen molar-refractivity contribution in [1.29, 1.82) is 0 Å². The fourth-order valence-electron chi connectivity index (χ4n) is 1.74. The number of esters is 1. The molecule has 1 rings (SSSR count). The van der Waals surface area contributed by atoms with Gasteiger partial charge in [0.1, 0.15) is 5.54 Å². The third kappa shape index (κ3) is 2.61. The molecule has 5 nitrogen and oxygen atoms in total. The van der Waals surface area contributed by atoms with E-state index in [1.54, 1.807) is 13.2 Å². The van der Waals surface area contributed by atoms with Crippen LogP contribution >= 0.6 is 0 Å². The van der Waals surface area contributed by atoms with Crippen LogP contribution in [0.4, 0.5) is 0 Å². The molecule has 1 heterocycles. The minimum Gasteiger partial charge on any atom is -0.468 e. The first kappa shape index (κ1) is 12.7. The summed E-state index contributed by atoms with van der Waals surface area (Å²) >= 11 is 0. The van der Waals surface area contributed by atoms with Crippen LogP contribution in [0, 0.1) is 0 Å². The second-order valence-corrected chi connectivity index (χ2v) is 4.11. The van der Waals surface area contributed by atoms with E-state index < -0.39 is 5.54 Å². The Bertz CT molecular complexity index is 337. The summed E-state index contributed by atoms with van der Waals surface area (Å²) in [6.45, 7) is 3.85. The zero-order valence-corrected chi connectivity index (χ0v) is 10.2. The van der Waals surface area contributed by atoms with Crippen molar-refractivity contribution in [1.82, 2.24) is 15.1 Å². The van der Waals surface area contributed by atoms with Crippen LogP contribution in [0.2, 0.25) is 0 Å². The second-order valence-electron chi connectivity index (χ2n) is 4.11. The van der Waals surface area contributed by atoms with Crippen LogP contribution < -0.4 is 5.32 Å². The van der Waals surface area contributed by atoms with Gasteiger partial charge >= 0.3 is 5.97 Å². The summed E-state index contributed by atoms with van der Waals surface area (Å²) in [6.07, 6.45) is 4.24. The van der Waals surface area contributed by atoms with Crippen molar-refractivity contribution in [2.45, 2.75) is 31.8 Å². The topological polar surface area (TPSA) is 56.2 Å². The maximum Gasteiger partial charge on any atom is 0.325 e. The van der Waals surface area contributed by atoms with Crippen LogP contribution in [0.5, 0.6) is 0 Å². The van der Waals surface area contributed by atoms with Crippen molar-refractivity contribution in [3.8, 4) is 0 Å². The van der Waals surface area contributed by atoms with Crippen molar-refractivity contribution in [3.05, 3.63) is 18.5 Å². The Hall–Kier alpha value is -1.36. The van der Waals surface area contributed by atoms with Gasteiger partial charge < -0.3 is 10.1 Å². The van der Waals surface area contributed by atoms with Gasteiger partial charge in [-0.15, -0.1) is 0 Å². The molecule has 16 heavy (non-hydrogen) atoms. The van der Waals surface area contributed by atoms with Crippen molar-refractivity contribution in [2.75, 3.05) is 14.2 Å². The van der Waals surface area contributed by atoms with E-state index in [2.05, 4.69) is 10.4 Å². The Labute approximate surface area is 95.8 Å². The van der Waals surface area contributed by atoms with Gasteiger partial charge in [0.05, 0.1) is 13.2 Å². The number of rotatable bonds is 5. The Morgan fingerprint density at radius 1 is 1.69 bits per heavy atom. The zero-order valence-electron chi connectivity index (χ0n) is 10.2. The predicted molar refractivity (Wildman–Crippen MR) is 61.0 cm³/mol. The smallest absolute Gasteiger partial charge is 0.325 e. The molecular weight excluding hydrogens is 206 g/mol. The number of likely N-dealkylation sites (N-methyl/N-ethyl adjacent to an activating group) is 1. The van der Waals surface area contributed by atoms with E-state index in [1.165, 1.54) is 7.11 Å². The number of ether oxygens (including phenoxy) is 1. The van der Waals surface area contributed by atoms with Gasteiger partial charge in [-0.3, -0.25) is 9.48 Å². The van der Waals surface area contributed by atoms with Gasteiger partial charge in [0.2, 0.25) is 0 Å². The van der Waals surface area contributed by atoms with Crippen LogP contribution in [0.1, 0.15) is 26.3 Å². The van der Waals surface area contributed by atoms with Crippen molar-refractivity contribution in [2.24, 2.45) is 0 Å². The molecule has 0 bridgehead atoms. The standard InChI is InChI=1S/C11H19N3O2/c1-9(14-7-5-6-13-14)8-11(2,12-3)10(15)16-4/h5-7,9,12H,8H2,1-4H3. The molecule has 0 aliphatic heterocycles. The lowest BCUT2D eigenvalue weighted by atomic mass is 9.94. The largest absolute Gasteiger partial charge is 0.468 e. The van der Waals surface area contributed by atoms with E-state index in [-0.39, 0.29) is 12.0 Å². The van der Waals surface area contributed by atoms with E-state index >= 15 is 0 Å². The molecule has 5 heteroatoms. The Morgan fingerprint density at radius 2 is 2.38 bits per heavy atom. The summed E-state index contributed by atoms with van der Waals surface area (Å²) < 4.78 is 6.63. The first-order chi connectivity index (χ1) is 7.53. The second kappa shape index (κ2) is 5.12. The molecule has 1 N–H and O–H groups in total. The first-order valence-corrected chi connectivity index (χ1v) is 5.30. The summed E-state index contributed by atoms with van der Waals surface area (Å²) in [6, 6.07) is 2.00. The summed E-state index contributed by atoms with van der Waals surface area (Å²) in [4.78, 5) is 11.7. The highest BCUT2D eigenvalue weighted by Crippen LogP contribution is 2.21. The Kier molecular flexibility index (Phi) is 4.06. The highest BCUT2D eigenvalue weighted by molar-refractivity contribution is 5.80. The van der Waals surface area contributed by atoms with Crippen LogP contribution in [0.15, 0.2) is 18.5 Å². The zero-order chi connectivity index (χ0) is 12.2. The monoisotopic (exact) mass is 225 g/mol. The third-order valence-electron chi connectivity index (χ3n) is 2.87. The van der Waals surface area contributed by atoms with Gasteiger partial charge in [0.25, 0.3) is 0 Å². The molecule has 90 valence electrons. The van der Waals surface area contributed by atoms with E-state index in [9.17, 15) is 4.79 Å². The number of methoxy groups -OCH3 is 1. The van der Waals surface area contributed by atoms with E-state index in [1.807, 2.05) is 30.8 Å². The molecule has 0 aromatic carbocycles. The van der Waals surface area contributed by atoms with Crippen molar-refractivity contribution >= 4 is 5.97 Å². The van der Waals surface area contributed by atoms with E-state index in [4.69, 9.17) is 4.74 Å². The number of nitrogens with one attached hydrogen (secondary N) is 1. The Morgan fingerprint density at radius 3 is 2.81 bits per heavy atom. The number of carbonyl (C=O) groups excluding carboxylic acids is 1. The van der Waals surface area contributed by atoms with Gasteiger partial charge in [0, 0.05) is 12.4 Å². The van der Waals surface area contributed by atoms with Gasteiger partial charge in [-0.25, -0.2) is 0 Å². The molecule has 1 aromatic rings. The molecule has 0 amide bonds. The molecule has 0 spiro atoms. The normalized spacial score (nSPS) is 16.5. The van der Waals surface area contributed by atoms with Gasteiger partial charge in [-0.1, -0.05) is 0 Å². The highest BCUT2D eigenvalue weighted by Gasteiger charge is 2.34. The molecule has 0 saturated carbocycles. The molecule has 0 saturated heterocycles. The minimum absolute atomic E-state index is 0.131. The first-order valence-electron chi connectivity index (χ1n) is 5.30.